The zero-order valence-corrected chi connectivity index (χ0v) is 17.1. The van der Waals surface area contributed by atoms with Crippen LogP contribution >= 0.6 is 23.4 Å². The van der Waals surface area contributed by atoms with E-state index >= 15 is 0 Å². The third kappa shape index (κ3) is 3.86. The molecule has 0 saturated carbocycles. The van der Waals surface area contributed by atoms with Crippen LogP contribution in [0.25, 0.3) is 11.4 Å². The number of nitrogens with zero attached hydrogens (tertiary/aromatic N) is 2. The fourth-order valence-electron chi connectivity index (χ4n) is 3.32. The molecule has 1 aliphatic heterocycles. The predicted molar refractivity (Wildman–Crippen MR) is 118 cm³/mol. The molecule has 0 bridgehead atoms. The lowest BCUT2D eigenvalue weighted by atomic mass is 10.0. The zero-order chi connectivity index (χ0) is 19.6. The maximum Gasteiger partial charge on any atom is 0.227 e. The number of hydrogen-bond acceptors (Lipinski definition) is 4. The average molecular weight is 417 g/mol. The second kappa shape index (κ2) is 7.90. The van der Waals surface area contributed by atoms with Crippen LogP contribution in [-0.2, 0) is 12.2 Å². The standard InChI is InChI=1S/C24H17ClN2OS/c25-19-11-12-21-18(13-19)14-20-23(28-21)26-22(17-9-5-2-6-10-17)27-24(20)29-15-16-7-3-1-4-8-16/h1-13H,14-15H2. The molecule has 3 nitrogen and oxygen atoms in total. The Morgan fingerprint density at radius 1 is 0.897 bits per heavy atom. The Hall–Kier alpha value is -2.82. The van der Waals surface area contributed by atoms with Gasteiger partial charge in [0.05, 0.1) is 5.56 Å². The maximum absolute atomic E-state index is 6.20. The molecule has 0 unspecified atom stereocenters. The lowest BCUT2D eigenvalue weighted by Gasteiger charge is -2.22. The van der Waals surface area contributed by atoms with Gasteiger partial charge in [-0.1, -0.05) is 72.3 Å². The van der Waals surface area contributed by atoms with E-state index in [9.17, 15) is 0 Å². The van der Waals surface area contributed by atoms with Crippen molar-refractivity contribution in [3.05, 3.63) is 101 Å². The minimum Gasteiger partial charge on any atom is -0.438 e. The Bertz CT molecular complexity index is 1170. The summed E-state index contributed by atoms with van der Waals surface area (Å²) in [6.07, 6.45) is 0.706. The predicted octanol–water partition coefficient (Wildman–Crippen LogP) is 6.79. The Labute approximate surface area is 178 Å². The highest BCUT2D eigenvalue weighted by atomic mass is 35.5. The molecule has 142 valence electrons. The van der Waals surface area contributed by atoms with Crippen molar-refractivity contribution < 1.29 is 4.74 Å². The number of fused-ring (bicyclic) bond motifs is 2. The molecule has 0 radical (unpaired) electrons. The first-order chi connectivity index (χ1) is 14.3. The SMILES string of the molecule is Clc1ccc2c(c1)Cc1c(nc(-c3ccccc3)nc1SCc1ccccc1)O2. The number of thioether (sulfide) groups is 1. The van der Waals surface area contributed by atoms with E-state index in [4.69, 9.17) is 26.3 Å². The van der Waals surface area contributed by atoms with Crippen molar-refractivity contribution in [2.75, 3.05) is 0 Å². The van der Waals surface area contributed by atoms with Crippen molar-refractivity contribution in [3.8, 4) is 23.0 Å². The molecule has 29 heavy (non-hydrogen) atoms. The average Bonchev–Trinajstić information content (AvgIpc) is 2.77. The quantitative estimate of drug-likeness (QED) is 0.239. The van der Waals surface area contributed by atoms with Gasteiger partial charge in [0.2, 0.25) is 5.88 Å². The minimum atomic E-state index is 0.629. The normalized spacial score (nSPS) is 12.0. The highest BCUT2D eigenvalue weighted by molar-refractivity contribution is 7.98. The van der Waals surface area contributed by atoms with Crippen LogP contribution < -0.4 is 4.74 Å². The van der Waals surface area contributed by atoms with Crippen LogP contribution in [0.2, 0.25) is 5.02 Å². The first-order valence-corrected chi connectivity index (χ1v) is 10.7. The van der Waals surface area contributed by atoms with Crippen LogP contribution in [-0.4, -0.2) is 9.97 Å². The van der Waals surface area contributed by atoms with Crippen LogP contribution in [0.4, 0.5) is 0 Å². The molecule has 4 aromatic rings. The van der Waals surface area contributed by atoms with Gasteiger partial charge >= 0.3 is 0 Å². The van der Waals surface area contributed by atoms with E-state index < -0.39 is 0 Å². The molecule has 0 amide bonds. The maximum atomic E-state index is 6.20. The van der Waals surface area contributed by atoms with E-state index in [2.05, 4.69) is 24.3 Å². The highest BCUT2D eigenvalue weighted by Gasteiger charge is 2.24. The van der Waals surface area contributed by atoms with Gasteiger partial charge in [-0.25, -0.2) is 4.98 Å². The van der Waals surface area contributed by atoms with Crippen molar-refractivity contribution in [1.29, 1.82) is 0 Å². The van der Waals surface area contributed by atoms with E-state index in [0.717, 1.165) is 33.2 Å². The van der Waals surface area contributed by atoms with E-state index in [0.29, 0.717) is 23.1 Å². The summed E-state index contributed by atoms with van der Waals surface area (Å²) >= 11 is 7.91. The first-order valence-electron chi connectivity index (χ1n) is 9.35. The highest BCUT2D eigenvalue weighted by Crippen LogP contribution is 2.41. The molecule has 1 aromatic heterocycles. The third-order valence-electron chi connectivity index (χ3n) is 4.78. The molecule has 0 fully saturated rings. The van der Waals surface area contributed by atoms with E-state index in [1.807, 2.05) is 54.6 Å². The molecule has 0 spiro atoms. The van der Waals surface area contributed by atoms with Gasteiger partial charge in [-0.05, 0) is 23.8 Å². The van der Waals surface area contributed by atoms with Crippen molar-refractivity contribution in [1.82, 2.24) is 9.97 Å². The van der Waals surface area contributed by atoms with Gasteiger partial charge in [0, 0.05) is 28.3 Å². The topological polar surface area (TPSA) is 35.0 Å². The largest absolute Gasteiger partial charge is 0.438 e. The monoisotopic (exact) mass is 416 g/mol. The molecule has 0 atom stereocenters. The summed E-state index contributed by atoms with van der Waals surface area (Å²) in [6.45, 7) is 0. The Balaban J connectivity index is 1.56. The Morgan fingerprint density at radius 2 is 1.66 bits per heavy atom. The minimum absolute atomic E-state index is 0.629. The lowest BCUT2D eigenvalue weighted by molar-refractivity contribution is 0.435. The van der Waals surface area contributed by atoms with Gasteiger partial charge in [-0.15, -0.1) is 11.8 Å². The molecule has 0 aliphatic carbocycles. The molecule has 5 heteroatoms. The summed E-state index contributed by atoms with van der Waals surface area (Å²) in [5.74, 6) is 2.95. The molecule has 5 rings (SSSR count). The van der Waals surface area contributed by atoms with E-state index in [1.54, 1.807) is 11.8 Å². The smallest absolute Gasteiger partial charge is 0.227 e. The number of ether oxygens (including phenoxy) is 1. The van der Waals surface area contributed by atoms with Crippen molar-refractivity contribution in [2.24, 2.45) is 0 Å². The first kappa shape index (κ1) is 18.2. The van der Waals surface area contributed by atoms with Gasteiger partial charge in [-0.2, -0.15) is 4.98 Å². The lowest BCUT2D eigenvalue weighted by Crippen LogP contribution is -2.09. The van der Waals surface area contributed by atoms with Gasteiger partial charge < -0.3 is 4.74 Å². The number of hydrogen-bond donors (Lipinski definition) is 0. The van der Waals surface area contributed by atoms with E-state index in [-0.39, 0.29) is 0 Å². The van der Waals surface area contributed by atoms with E-state index in [1.165, 1.54) is 5.56 Å². The van der Waals surface area contributed by atoms with Gasteiger partial charge in [-0.3, -0.25) is 0 Å². The van der Waals surface area contributed by atoms with Gasteiger partial charge in [0.25, 0.3) is 0 Å². The summed E-state index contributed by atoms with van der Waals surface area (Å²) in [5.41, 5.74) is 4.30. The summed E-state index contributed by atoms with van der Waals surface area (Å²) in [4.78, 5) is 9.65. The Kier molecular flexibility index (Phi) is 4.96. The molecule has 0 N–H and O–H groups in total. The van der Waals surface area contributed by atoms with Crippen molar-refractivity contribution >= 4 is 23.4 Å². The third-order valence-corrected chi connectivity index (χ3v) is 6.10. The summed E-state index contributed by atoms with van der Waals surface area (Å²) in [6, 6.07) is 26.1. The van der Waals surface area contributed by atoms with Gasteiger partial charge in [0.15, 0.2) is 5.82 Å². The molecule has 2 heterocycles. The molecule has 0 saturated heterocycles. The molecule has 3 aromatic carbocycles. The number of halogens is 1. The summed E-state index contributed by atoms with van der Waals surface area (Å²) in [7, 11) is 0. The summed E-state index contributed by atoms with van der Waals surface area (Å²) in [5, 5.41) is 1.65. The molecular formula is C24H17ClN2OS. The van der Waals surface area contributed by atoms with Crippen LogP contribution in [0, 0.1) is 0 Å². The number of aromatic nitrogens is 2. The number of rotatable bonds is 4. The molecule has 1 aliphatic rings. The molecular weight excluding hydrogens is 400 g/mol. The van der Waals surface area contributed by atoms with Crippen molar-refractivity contribution in [2.45, 2.75) is 17.2 Å². The zero-order valence-electron chi connectivity index (χ0n) is 15.5. The fraction of sp³-hybridized carbons (Fsp3) is 0.0833. The van der Waals surface area contributed by atoms with Crippen LogP contribution in [0.15, 0.2) is 83.9 Å². The van der Waals surface area contributed by atoms with Crippen LogP contribution in [0.3, 0.4) is 0 Å². The fourth-order valence-corrected chi connectivity index (χ4v) is 4.50. The van der Waals surface area contributed by atoms with Crippen LogP contribution in [0.1, 0.15) is 16.7 Å². The Morgan fingerprint density at radius 3 is 2.45 bits per heavy atom. The van der Waals surface area contributed by atoms with Crippen LogP contribution in [0.5, 0.6) is 11.6 Å². The van der Waals surface area contributed by atoms with Crippen molar-refractivity contribution in [3.63, 3.8) is 0 Å². The second-order valence-corrected chi connectivity index (χ2v) is 8.21. The van der Waals surface area contributed by atoms with Gasteiger partial charge in [0.1, 0.15) is 10.8 Å². The number of benzene rings is 3. The summed E-state index contributed by atoms with van der Waals surface area (Å²) < 4.78 is 6.16. The second-order valence-electron chi connectivity index (χ2n) is 6.81.